The molecule has 1 heterocycles. The Morgan fingerprint density at radius 3 is 2.64 bits per heavy atom. The Balaban J connectivity index is 2.15. The summed E-state index contributed by atoms with van der Waals surface area (Å²) in [5.41, 5.74) is 0. The van der Waals surface area contributed by atoms with E-state index >= 15 is 0 Å². The SMILES string of the molecule is C=N/C=C\C=N/CN1CCN(C)CC1. The second kappa shape index (κ2) is 6.45. The summed E-state index contributed by atoms with van der Waals surface area (Å²) in [6.45, 7) is 8.62. The molecular formula is C10H18N4. The molecule has 0 radical (unpaired) electrons. The third-order valence-corrected chi connectivity index (χ3v) is 2.26. The van der Waals surface area contributed by atoms with Crippen LogP contribution in [0, 0.1) is 0 Å². The summed E-state index contributed by atoms with van der Waals surface area (Å²) in [5.74, 6) is 0. The molecule has 1 rings (SSSR count). The summed E-state index contributed by atoms with van der Waals surface area (Å²) >= 11 is 0. The molecule has 0 aromatic rings. The maximum atomic E-state index is 4.27. The van der Waals surface area contributed by atoms with Gasteiger partial charge in [-0.1, -0.05) is 0 Å². The highest BCUT2D eigenvalue weighted by atomic mass is 15.3. The molecule has 0 atom stereocenters. The summed E-state index contributed by atoms with van der Waals surface area (Å²) in [7, 11) is 2.15. The fourth-order valence-electron chi connectivity index (χ4n) is 1.31. The smallest absolute Gasteiger partial charge is 0.0910 e. The van der Waals surface area contributed by atoms with E-state index in [1.807, 2.05) is 0 Å². The largest absolute Gasteiger partial charge is 0.304 e. The predicted molar refractivity (Wildman–Crippen MR) is 61.1 cm³/mol. The fourth-order valence-corrected chi connectivity index (χ4v) is 1.31. The van der Waals surface area contributed by atoms with Gasteiger partial charge in [0.15, 0.2) is 0 Å². The third-order valence-electron chi connectivity index (χ3n) is 2.26. The van der Waals surface area contributed by atoms with Crippen molar-refractivity contribution in [2.75, 3.05) is 39.9 Å². The maximum absolute atomic E-state index is 4.27. The van der Waals surface area contributed by atoms with E-state index in [0.717, 1.165) is 32.8 Å². The first kappa shape index (κ1) is 11.1. The quantitative estimate of drug-likeness (QED) is 0.609. The van der Waals surface area contributed by atoms with E-state index in [0.29, 0.717) is 0 Å². The molecule has 0 amide bonds. The number of hydrogen-bond acceptors (Lipinski definition) is 4. The molecule has 14 heavy (non-hydrogen) atoms. The van der Waals surface area contributed by atoms with E-state index in [2.05, 4.69) is 33.5 Å². The zero-order valence-corrected chi connectivity index (χ0v) is 8.76. The van der Waals surface area contributed by atoms with Crippen LogP contribution in [0.25, 0.3) is 0 Å². The molecule has 0 spiro atoms. The lowest BCUT2D eigenvalue weighted by Crippen LogP contribution is -2.44. The number of rotatable bonds is 4. The lowest BCUT2D eigenvalue weighted by atomic mass is 10.3. The minimum Gasteiger partial charge on any atom is -0.304 e. The van der Waals surface area contributed by atoms with Crippen molar-refractivity contribution < 1.29 is 0 Å². The molecule has 1 aliphatic heterocycles. The average Bonchev–Trinajstić information content (AvgIpc) is 2.21. The van der Waals surface area contributed by atoms with E-state index in [-0.39, 0.29) is 0 Å². The van der Waals surface area contributed by atoms with Crippen molar-refractivity contribution >= 4 is 12.9 Å². The molecule has 4 heteroatoms. The summed E-state index contributed by atoms with van der Waals surface area (Å²) in [5, 5.41) is 0. The van der Waals surface area contributed by atoms with Gasteiger partial charge in [-0.3, -0.25) is 14.9 Å². The minimum atomic E-state index is 0.787. The Bertz CT molecular complexity index is 214. The molecule has 0 aliphatic carbocycles. The van der Waals surface area contributed by atoms with Crippen molar-refractivity contribution in [1.29, 1.82) is 0 Å². The summed E-state index contributed by atoms with van der Waals surface area (Å²) < 4.78 is 0. The first-order valence-electron chi connectivity index (χ1n) is 4.84. The lowest BCUT2D eigenvalue weighted by molar-refractivity contribution is 0.158. The number of likely N-dealkylation sites (N-methyl/N-ethyl adjacent to an activating group) is 1. The molecule has 0 saturated carbocycles. The normalized spacial score (nSPS) is 20.9. The maximum Gasteiger partial charge on any atom is 0.0910 e. The Morgan fingerprint density at radius 1 is 1.29 bits per heavy atom. The zero-order valence-electron chi connectivity index (χ0n) is 8.76. The van der Waals surface area contributed by atoms with Crippen LogP contribution in [0.5, 0.6) is 0 Å². The molecular weight excluding hydrogens is 176 g/mol. The van der Waals surface area contributed by atoms with E-state index in [9.17, 15) is 0 Å². The van der Waals surface area contributed by atoms with Gasteiger partial charge in [0.1, 0.15) is 0 Å². The monoisotopic (exact) mass is 194 g/mol. The molecule has 0 N–H and O–H groups in total. The average molecular weight is 194 g/mol. The van der Waals surface area contributed by atoms with Gasteiger partial charge in [0.2, 0.25) is 0 Å². The van der Waals surface area contributed by atoms with Crippen molar-refractivity contribution in [3.8, 4) is 0 Å². The number of piperazine rings is 1. The number of hydrogen-bond donors (Lipinski definition) is 0. The Morgan fingerprint density at radius 2 is 2.00 bits per heavy atom. The van der Waals surface area contributed by atoms with Crippen LogP contribution < -0.4 is 0 Å². The predicted octanol–water partition coefficient (Wildman–Crippen LogP) is 0.476. The van der Waals surface area contributed by atoms with Crippen LogP contribution in [-0.4, -0.2) is 62.6 Å². The van der Waals surface area contributed by atoms with Crippen LogP contribution in [0.2, 0.25) is 0 Å². The van der Waals surface area contributed by atoms with Crippen LogP contribution in [0.1, 0.15) is 0 Å². The molecule has 0 unspecified atom stereocenters. The van der Waals surface area contributed by atoms with E-state index in [1.54, 1.807) is 18.5 Å². The van der Waals surface area contributed by atoms with Gasteiger partial charge in [-0.25, -0.2) is 0 Å². The van der Waals surface area contributed by atoms with E-state index < -0.39 is 0 Å². The first-order valence-corrected chi connectivity index (χ1v) is 4.84. The molecule has 1 saturated heterocycles. The van der Waals surface area contributed by atoms with Crippen LogP contribution >= 0.6 is 0 Å². The van der Waals surface area contributed by atoms with Crippen LogP contribution in [0.15, 0.2) is 22.3 Å². The minimum absolute atomic E-state index is 0.787. The Hall–Kier alpha value is -1.00. The van der Waals surface area contributed by atoms with Crippen molar-refractivity contribution in [3.63, 3.8) is 0 Å². The van der Waals surface area contributed by atoms with Crippen molar-refractivity contribution in [2.45, 2.75) is 0 Å². The topological polar surface area (TPSA) is 31.2 Å². The zero-order chi connectivity index (χ0) is 10.2. The highest BCUT2D eigenvalue weighted by molar-refractivity contribution is 5.70. The standard InChI is InChI=1S/C10H18N4/c1-11-4-3-5-12-10-14-8-6-13(2)7-9-14/h3-5H,1,6-10H2,2H3/b4-3-,12-5-. The Kier molecular flexibility index (Phi) is 5.11. The highest BCUT2D eigenvalue weighted by Crippen LogP contribution is 1.97. The lowest BCUT2D eigenvalue weighted by Gasteiger charge is -2.30. The van der Waals surface area contributed by atoms with Gasteiger partial charge >= 0.3 is 0 Å². The molecule has 4 nitrogen and oxygen atoms in total. The summed E-state index contributed by atoms with van der Waals surface area (Å²) in [6.07, 6.45) is 5.20. The number of allylic oxidation sites excluding steroid dienone is 1. The molecule has 0 aromatic heterocycles. The third kappa shape index (κ3) is 4.30. The Labute approximate surface area is 85.6 Å². The van der Waals surface area contributed by atoms with Gasteiger partial charge in [-0.05, 0) is 19.8 Å². The van der Waals surface area contributed by atoms with Crippen LogP contribution in [0.3, 0.4) is 0 Å². The fraction of sp³-hybridized carbons (Fsp3) is 0.600. The number of aliphatic imine (C=N–C) groups is 2. The van der Waals surface area contributed by atoms with Crippen LogP contribution in [-0.2, 0) is 0 Å². The van der Waals surface area contributed by atoms with Gasteiger partial charge in [-0.15, -0.1) is 0 Å². The summed E-state index contributed by atoms with van der Waals surface area (Å²) in [4.78, 5) is 12.5. The molecule has 78 valence electrons. The molecule has 1 aliphatic rings. The van der Waals surface area contributed by atoms with Gasteiger partial charge in [0, 0.05) is 38.6 Å². The second-order valence-electron chi connectivity index (χ2n) is 3.42. The van der Waals surface area contributed by atoms with Crippen molar-refractivity contribution in [1.82, 2.24) is 9.80 Å². The van der Waals surface area contributed by atoms with Crippen LogP contribution in [0.4, 0.5) is 0 Å². The van der Waals surface area contributed by atoms with Gasteiger partial charge < -0.3 is 4.90 Å². The van der Waals surface area contributed by atoms with Crippen molar-refractivity contribution in [3.05, 3.63) is 12.3 Å². The molecule has 0 bridgehead atoms. The van der Waals surface area contributed by atoms with Gasteiger partial charge in [0.05, 0.1) is 6.67 Å². The van der Waals surface area contributed by atoms with Gasteiger partial charge in [0.25, 0.3) is 0 Å². The van der Waals surface area contributed by atoms with E-state index in [1.165, 1.54) is 0 Å². The highest BCUT2D eigenvalue weighted by Gasteiger charge is 2.11. The van der Waals surface area contributed by atoms with E-state index in [4.69, 9.17) is 0 Å². The van der Waals surface area contributed by atoms with Gasteiger partial charge in [-0.2, -0.15) is 0 Å². The van der Waals surface area contributed by atoms with Crippen molar-refractivity contribution in [2.24, 2.45) is 9.98 Å². The first-order chi connectivity index (χ1) is 6.83. The molecule has 0 aromatic carbocycles. The number of nitrogens with zero attached hydrogens (tertiary/aromatic N) is 4. The second-order valence-corrected chi connectivity index (χ2v) is 3.42. The summed E-state index contributed by atoms with van der Waals surface area (Å²) in [6, 6.07) is 0. The molecule has 1 fully saturated rings.